The number of carbonyl (C=O) groups is 2. The number of hydrogen-bond donors (Lipinski definition) is 0. The van der Waals surface area contributed by atoms with Crippen molar-refractivity contribution in [2.24, 2.45) is 5.41 Å². The van der Waals surface area contributed by atoms with E-state index < -0.39 is 28.5 Å². The molecule has 7 rings (SSSR count). The molecule has 5 aromatic carbocycles. The zero-order valence-electron chi connectivity index (χ0n) is 36.9. The van der Waals surface area contributed by atoms with Crippen molar-refractivity contribution in [3.8, 4) is 22.3 Å². The van der Waals surface area contributed by atoms with E-state index in [2.05, 4.69) is 87.2 Å². The number of esters is 2. The largest absolute Gasteiger partial charge is 0.465 e. The Bertz CT molecular complexity index is 2470. The summed E-state index contributed by atoms with van der Waals surface area (Å²) >= 11 is 0. The number of fused-ring (bicyclic) bond motifs is 6. The topological polar surface area (TPSA) is 55.8 Å². The highest BCUT2D eigenvalue weighted by atomic mass is 19.4. The second kappa shape index (κ2) is 17.6. The third-order valence-corrected chi connectivity index (χ3v) is 13.1. The van der Waals surface area contributed by atoms with Gasteiger partial charge in [-0.25, -0.2) is 4.79 Å². The first-order valence-corrected chi connectivity index (χ1v) is 22.0. The molecule has 0 radical (unpaired) electrons. The van der Waals surface area contributed by atoms with Gasteiger partial charge in [-0.1, -0.05) is 87.2 Å². The summed E-state index contributed by atoms with van der Waals surface area (Å²) in [6.07, 6.45) is 1.53. The average Bonchev–Trinajstić information content (AvgIpc) is 3.69. The van der Waals surface area contributed by atoms with E-state index in [4.69, 9.17) is 9.47 Å². The molecule has 1 atom stereocenters. The molecule has 0 N–H and O–H groups in total. The van der Waals surface area contributed by atoms with Crippen LogP contribution < -0.4 is 4.90 Å². The molecule has 2 aliphatic carbocycles. The summed E-state index contributed by atoms with van der Waals surface area (Å²) in [5.74, 6) is -0.649. The molecule has 0 bridgehead atoms. The summed E-state index contributed by atoms with van der Waals surface area (Å²) in [5, 5.41) is 0. The van der Waals surface area contributed by atoms with Gasteiger partial charge in [-0.2, -0.15) is 13.2 Å². The van der Waals surface area contributed by atoms with Crippen LogP contribution in [0.5, 0.6) is 0 Å². The van der Waals surface area contributed by atoms with Gasteiger partial charge in [0.05, 0.1) is 24.2 Å². The quantitative estimate of drug-likeness (QED) is 0.0563. The molecule has 0 heterocycles. The lowest BCUT2D eigenvalue weighted by Gasteiger charge is -2.34. The van der Waals surface area contributed by atoms with E-state index in [0.29, 0.717) is 30.7 Å². The van der Waals surface area contributed by atoms with Gasteiger partial charge in [0.15, 0.2) is 0 Å². The van der Waals surface area contributed by atoms with Gasteiger partial charge in [-0.15, -0.1) is 0 Å². The molecule has 0 aromatic heterocycles. The van der Waals surface area contributed by atoms with Gasteiger partial charge >= 0.3 is 18.1 Å². The Kier molecular flexibility index (Phi) is 12.6. The summed E-state index contributed by atoms with van der Waals surface area (Å²) in [5.41, 5.74) is 9.58. The number of benzene rings is 5. The summed E-state index contributed by atoms with van der Waals surface area (Å²) in [4.78, 5) is 26.9. The molecule has 5 nitrogen and oxygen atoms in total. The number of hydrogen-bond acceptors (Lipinski definition) is 5. The third kappa shape index (κ3) is 8.33. The maximum absolute atomic E-state index is 14.4. The first-order valence-electron chi connectivity index (χ1n) is 22.0. The van der Waals surface area contributed by atoms with Crippen molar-refractivity contribution in [2.45, 2.75) is 110 Å². The van der Waals surface area contributed by atoms with Crippen LogP contribution in [0.4, 0.5) is 30.2 Å². The number of anilines is 3. The molecular weight excluding hydrogens is 784 g/mol. The summed E-state index contributed by atoms with van der Waals surface area (Å²) in [6, 6.07) is 35.3. The average molecular weight is 842 g/mol. The Hall–Kier alpha value is -5.63. The van der Waals surface area contributed by atoms with Crippen LogP contribution in [0.1, 0.15) is 121 Å². The standard InChI is InChI=1S/C54H58F3NO4/c1-8-52(9-2)45-23-12-10-21-41(45)43-27-25-39(34-47(43)52)58(38-20-18-19-37(33-38)54(55,56)57)40-26-28-44-42-22-11-13-24-46(42)53(48(44)35-40,29-14-16-31-61-49(59)36(3)4)30-15-17-32-62-50(60)51(5,6)7/h10-13,18-28,33-35H,3,8-9,14-17,29-32H2,1-2,4-7H3. The highest BCUT2D eigenvalue weighted by Crippen LogP contribution is 2.57. The number of rotatable bonds is 16. The highest BCUT2D eigenvalue weighted by Gasteiger charge is 2.44. The molecule has 0 spiro atoms. The van der Waals surface area contributed by atoms with Crippen LogP contribution >= 0.6 is 0 Å². The van der Waals surface area contributed by atoms with Crippen molar-refractivity contribution < 1.29 is 32.2 Å². The summed E-state index contributed by atoms with van der Waals surface area (Å²) in [6.45, 7) is 15.9. The van der Waals surface area contributed by atoms with Crippen molar-refractivity contribution in [3.63, 3.8) is 0 Å². The monoisotopic (exact) mass is 841 g/mol. The Morgan fingerprint density at radius 1 is 0.597 bits per heavy atom. The SMILES string of the molecule is C=C(C)C(=O)OCCCCC1(CCCCOC(=O)C(C)(C)C)c2ccccc2-c2ccc(N(c3cccc(C(F)(F)F)c3)c3ccc4c(c3)C(CC)(CC)c3ccccc3-4)cc21. The van der Waals surface area contributed by atoms with Crippen LogP contribution in [0.3, 0.4) is 0 Å². The predicted molar refractivity (Wildman–Crippen MR) is 243 cm³/mol. The molecule has 0 saturated heterocycles. The lowest BCUT2D eigenvalue weighted by molar-refractivity contribution is -0.153. The van der Waals surface area contributed by atoms with Gasteiger partial charge in [0.2, 0.25) is 0 Å². The van der Waals surface area contributed by atoms with Crippen molar-refractivity contribution >= 4 is 29.0 Å². The number of ether oxygens (including phenoxy) is 2. The summed E-state index contributed by atoms with van der Waals surface area (Å²) in [7, 11) is 0. The first-order chi connectivity index (χ1) is 29.6. The fraction of sp³-hybridized carbons (Fsp3) is 0.370. The molecule has 0 saturated carbocycles. The molecule has 0 fully saturated rings. The molecule has 62 heavy (non-hydrogen) atoms. The van der Waals surface area contributed by atoms with E-state index in [9.17, 15) is 22.8 Å². The van der Waals surface area contributed by atoms with Gasteiger partial charge in [0.1, 0.15) is 0 Å². The number of alkyl halides is 3. The molecule has 0 aliphatic heterocycles. The van der Waals surface area contributed by atoms with Gasteiger partial charge in [0, 0.05) is 33.5 Å². The van der Waals surface area contributed by atoms with E-state index >= 15 is 0 Å². The number of carbonyl (C=O) groups excluding carboxylic acids is 2. The van der Waals surface area contributed by atoms with Crippen LogP contribution in [0.2, 0.25) is 0 Å². The van der Waals surface area contributed by atoms with E-state index in [1.54, 1.807) is 13.0 Å². The second-order valence-corrected chi connectivity index (χ2v) is 18.0. The maximum Gasteiger partial charge on any atom is 0.416 e. The Morgan fingerprint density at radius 3 is 1.60 bits per heavy atom. The van der Waals surface area contributed by atoms with Crippen LogP contribution in [0.25, 0.3) is 22.3 Å². The van der Waals surface area contributed by atoms with Gasteiger partial charge in [-0.05, 0) is 166 Å². The van der Waals surface area contributed by atoms with Crippen LogP contribution in [-0.2, 0) is 36.1 Å². The van der Waals surface area contributed by atoms with Crippen molar-refractivity contribution in [1.29, 1.82) is 0 Å². The van der Waals surface area contributed by atoms with Crippen LogP contribution in [0, 0.1) is 5.41 Å². The third-order valence-electron chi connectivity index (χ3n) is 13.1. The minimum absolute atomic E-state index is 0.238. The van der Waals surface area contributed by atoms with Crippen molar-refractivity contribution in [2.75, 3.05) is 18.1 Å². The van der Waals surface area contributed by atoms with E-state index in [0.717, 1.165) is 78.2 Å². The highest BCUT2D eigenvalue weighted by molar-refractivity contribution is 5.89. The van der Waals surface area contributed by atoms with E-state index in [1.165, 1.54) is 34.4 Å². The smallest absolute Gasteiger partial charge is 0.416 e. The molecular formula is C54H58F3NO4. The van der Waals surface area contributed by atoms with Crippen molar-refractivity contribution in [3.05, 3.63) is 149 Å². The fourth-order valence-corrected chi connectivity index (χ4v) is 9.84. The Morgan fingerprint density at radius 2 is 1.08 bits per heavy atom. The fourth-order valence-electron chi connectivity index (χ4n) is 9.84. The van der Waals surface area contributed by atoms with Gasteiger partial charge in [-0.3, -0.25) is 4.79 Å². The minimum Gasteiger partial charge on any atom is -0.465 e. The number of nitrogens with zero attached hydrogens (tertiary/aromatic N) is 1. The van der Waals surface area contributed by atoms with Crippen molar-refractivity contribution in [1.82, 2.24) is 0 Å². The van der Waals surface area contributed by atoms with Gasteiger partial charge < -0.3 is 14.4 Å². The lowest BCUT2D eigenvalue weighted by Crippen LogP contribution is -2.27. The Labute approximate surface area is 365 Å². The molecule has 1 unspecified atom stereocenters. The number of unbranched alkanes of at least 4 members (excludes halogenated alkanes) is 2. The normalized spacial score (nSPS) is 15.9. The lowest BCUT2D eigenvalue weighted by atomic mass is 9.70. The molecule has 5 aromatic rings. The zero-order chi connectivity index (χ0) is 44.5. The molecule has 8 heteroatoms. The van der Waals surface area contributed by atoms with Gasteiger partial charge in [0.25, 0.3) is 0 Å². The molecule has 0 amide bonds. The van der Waals surface area contributed by atoms with E-state index in [1.807, 2.05) is 43.9 Å². The Balaban J connectivity index is 1.35. The van der Waals surface area contributed by atoms with E-state index in [-0.39, 0.29) is 18.0 Å². The molecule has 2 aliphatic rings. The summed E-state index contributed by atoms with van der Waals surface area (Å²) < 4.78 is 54.5. The maximum atomic E-state index is 14.4. The van der Waals surface area contributed by atoms with Crippen LogP contribution in [-0.4, -0.2) is 25.2 Å². The second-order valence-electron chi connectivity index (χ2n) is 18.0. The number of halogens is 3. The first kappa shape index (κ1) is 44.4. The predicted octanol–water partition coefficient (Wildman–Crippen LogP) is 14.6. The zero-order valence-corrected chi connectivity index (χ0v) is 36.9. The molecule has 324 valence electrons. The van der Waals surface area contributed by atoms with Crippen LogP contribution in [0.15, 0.2) is 121 Å². The minimum atomic E-state index is -4.53.